The van der Waals surface area contributed by atoms with Crippen LogP contribution < -0.4 is 15.4 Å². The molecule has 1 rings (SSSR count). The average Bonchev–Trinajstić information content (AvgIpc) is 2.37. The number of amides is 2. The third kappa shape index (κ3) is 7.24. The van der Waals surface area contributed by atoms with E-state index in [1.807, 2.05) is 13.8 Å². The number of carbonyl (C=O) groups is 2. The van der Waals surface area contributed by atoms with E-state index in [1.54, 1.807) is 0 Å². The van der Waals surface area contributed by atoms with Crippen LogP contribution in [0.15, 0.2) is 24.3 Å². The summed E-state index contributed by atoms with van der Waals surface area (Å²) in [6.45, 7) is 0.674. The Morgan fingerprint density at radius 2 is 1.76 bits per heavy atom. The van der Waals surface area contributed by atoms with Gasteiger partial charge in [0.1, 0.15) is 5.75 Å². The van der Waals surface area contributed by atoms with Crippen LogP contribution in [0.2, 0.25) is 0 Å². The molecular weight excluding hydrogens is 282 g/mol. The van der Waals surface area contributed by atoms with Gasteiger partial charge in [-0.05, 0) is 31.5 Å². The molecule has 0 bridgehead atoms. The highest BCUT2D eigenvalue weighted by molar-refractivity contribution is 5.85. The van der Waals surface area contributed by atoms with Gasteiger partial charge in [-0.15, -0.1) is 0 Å². The zero-order chi connectivity index (χ0) is 15.8. The van der Waals surface area contributed by atoms with Gasteiger partial charge in [0.2, 0.25) is 11.8 Å². The van der Waals surface area contributed by atoms with Crippen LogP contribution >= 0.6 is 0 Å². The molecule has 1 aromatic carbocycles. The molecule has 0 aliphatic rings. The molecule has 0 spiro atoms. The smallest absolute Gasteiger partial charge is 0.387 e. The first-order valence-corrected chi connectivity index (χ1v) is 6.46. The monoisotopic (exact) mass is 300 g/mol. The largest absolute Gasteiger partial charge is 0.435 e. The number of nitrogens with one attached hydrogen (secondary N) is 2. The normalized spacial score (nSPS) is 10.6. The lowest BCUT2D eigenvalue weighted by molar-refractivity contribution is -0.126. The lowest BCUT2D eigenvalue weighted by Gasteiger charge is -2.09. The summed E-state index contributed by atoms with van der Waals surface area (Å²) in [7, 11) is 0. The van der Waals surface area contributed by atoms with Gasteiger partial charge in [0.15, 0.2) is 0 Å². The number of halogens is 2. The summed E-state index contributed by atoms with van der Waals surface area (Å²) in [5.74, 6) is -0.555. The third-order valence-corrected chi connectivity index (χ3v) is 2.41. The van der Waals surface area contributed by atoms with E-state index >= 15 is 0 Å². The van der Waals surface area contributed by atoms with E-state index in [0.29, 0.717) is 5.56 Å². The van der Waals surface area contributed by atoms with Crippen LogP contribution in [0.3, 0.4) is 0 Å². The number of benzene rings is 1. The number of hydrogen-bond acceptors (Lipinski definition) is 3. The van der Waals surface area contributed by atoms with Gasteiger partial charge >= 0.3 is 6.61 Å². The molecule has 0 heterocycles. The number of ether oxygens (including phenoxy) is 1. The molecule has 0 unspecified atom stereocenters. The zero-order valence-electron chi connectivity index (χ0n) is 11.9. The van der Waals surface area contributed by atoms with Crippen molar-refractivity contribution in [1.29, 1.82) is 0 Å². The molecule has 0 aliphatic heterocycles. The highest BCUT2D eigenvalue weighted by Gasteiger charge is 2.08. The van der Waals surface area contributed by atoms with Crippen molar-refractivity contribution in [3.63, 3.8) is 0 Å². The van der Waals surface area contributed by atoms with E-state index in [2.05, 4.69) is 15.4 Å². The van der Waals surface area contributed by atoms with Crippen LogP contribution in [0.5, 0.6) is 5.75 Å². The first-order chi connectivity index (χ1) is 9.86. The highest BCUT2D eigenvalue weighted by Crippen LogP contribution is 2.15. The summed E-state index contributed by atoms with van der Waals surface area (Å²) in [5.41, 5.74) is 0.637. The van der Waals surface area contributed by atoms with Crippen LogP contribution in [0.1, 0.15) is 19.4 Å². The highest BCUT2D eigenvalue weighted by atomic mass is 19.3. The minimum Gasteiger partial charge on any atom is -0.435 e. The van der Waals surface area contributed by atoms with E-state index in [1.165, 1.54) is 24.3 Å². The van der Waals surface area contributed by atoms with Crippen molar-refractivity contribution < 1.29 is 23.1 Å². The fourth-order valence-corrected chi connectivity index (χ4v) is 1.59. The second-order valence-electron chi connectivity index (χ2n) is 4.70. The predicted octanol–water partition coefficient (Wildman–Crippen LogP) is 1.47. The Bertz CT molecular complexity index is 476. The summed E-state index contributed by atoms with van der Waals surface area (Å²) in [4.78, 5) is 23.0. The van der Waals surface area contributed by atoms with Crippen LogP contribution in [0.4, 0.5) is 8.78 Å². The van der Waals surface area contributed by atoms with Gasteiger partial charge in [-0.1, -0.05) is 12.1 Å². The van der Waals surface area contributed by atoms with Crippen molar-refractivity contribution >= 4 is 11.8 Å². The van der Waals surface area contributed by atoms with Gasteiger partial charge in [0, 0.05) is 6.04 Å². The quantitative estimate of drug-likeness (QED) is 0.801. The molecule has 0 aromatic heterocycles. The number of carbonyl (C=O) groups excluding carboxylic acids is 2. The maximum Gasteiger partial charge on any atom is 0.387 e. The fraction of sp³-hybridized carbons (Fsp3) is 0.429. The Kier molecular flexibility index (Phi) is 6.58. The van der Waals surface area contributed by atoms with Gasteiger partial charge in [-0.3, -0.25) is 9.59 Å². The van der Waals surface area contributed by atoms with E-state index < -0.39 is 6.61 Å². The van der Waals surface area contributed by atoms with E-state index in [0.717, 1.165) is 0 Å². The first-order valence-electron chi connectivity index (χ1n) is 6.46. The summed E-state index contributed by atoms with van der Waals surface area (Å²) in [6, 6.07) is 5.77. The minimum atomic E-state index is -2.88. The molecule has 7 heteroatoms. The maximum atomic E-state index is 12.0. The van der Waals surface area contributed by atoms with Crippen molar-refractivity contribution in [2.24, 2.45) is 0 Å². The maximum absolute atomic E-state index is 12.0. The summed E-state index contributed by atoms with van der Waals surface area (Å²) < 4.78 is 28.1. The lowest BCUT2D eigenvalue weighted by atomic mass is 10.1. The molecule has 5 nitrogen and oxygen atoms in total. The Morgan fingerprint density at radius 3 is 2.29 bits per heavy atom. The summed E-state index contributed by atoms with van der Waals surface area (Å²) in [6.07, 6.45) is 0.0594. The van der Waals surface area contributed by atoms with Gasteiger partial charge in [0.05, 0.1) is 13.0 Å². The lowest BCUT2D eigenvalue weighted by Crippen LogP contribution is -2.40. The Hall–Kier alpha value is -2.18. The molecule has 0 fully saturated rings. The number of hydrogen-bond donors (Lipinski definition) is 2. The molecule has 0 atom stereocenters. The standard InChI is InChI=1S/C14H18F2N2O3/c1-9(2)18-13(20)8-17-12(19)7-10-3-5-11(6-4-10)21-14(15)16/h3-6,9,14H,7-8H2,1-2H3,(H,17,19)(H,18,20). The number of alkyl halides is 2. The molecule has 0 radical (unpaired) electrons. The summed E-state index contributed by atoms with van der Waals surface area (Å²) in [5, 5.41) is 5.13. The number of rotatable bonds is 7. The third-order valence-electron chi connectivity index (χ3n) is 2.41. The van der Waals surface area contributed by atoms with E-state index in [-0.39, 0.29) is 36.6 Å². The Balaban J connectivity index is 2.39. The SMILES string of the molecule is CC(C)NC(=O)CNC(=O)Cc1ccc(OC(F)F)cc1. The Morgan fingerprint density at radius 1 is 1.14 bits per heavy atom. The first kappa shape index (κ1) is 16.9. The molecular formula is C14H18F2N2O3. The van der Waals surface area contributed by atoms with Gasteiger partial charge in [0.25, 0.3) is 0 Å². The van der Waals surface area contributed by atoms with Gasteiger partial charge < -0.3 is 15.4 Å². The molecule has 0 aliphatic carbocycles. The summed E-state index contributed by atoms with van der Waals surface area (Å²) >= 11 is 0. The molecule has 0 saturated carbocycles. The average molecular weight is 300 g/mol. The predicted molar refractivity (Wildman–Crippen MR) is 73.1 cm³/mol. The van der Waals surface area contributed by atoms with Crippen molar-refractivity contribution in [1.82, 2.24) is 10.6 Å². The van der Waals surface area contributed by atoms with E-state index in [4.69, 9.17) is 0 Å². The van der Waals surface area contributed by atoms with Gasteiger partial charge in [-0.25, -0.2) is 0 Å². The topological polar surface area (TPSA) is 67.4 Å². The fourth-order valence-electron chi connectivity index (χ4n) is 1.59. The van der Waals surface area contributed by atoms with Crippen molar-refractivity contribution in [2.45, 2.75) is 32.9 Å². The molecule has 21 heavy (non-hydrogen) atoms. The molecule has 1 aromatic rings. The second-order valence-corrected chi connectivity index (χ2v) is 4.70. The molecule has 0 saturated heterocycles. The Labute approximate surface area is 121 Å². The van der Waals surface area contributed by atoms with Crippen molar-refractivity contribution in [2.75, 3.05) is 6.54 Å². The van der Waals surface area contributed by atoms with Gasteiger partial charge in [-0.2, -0.15) is 8.78 Å². The zero-order valence-corrected chi connectivity index (χ0v) is 11.9. The molecule has 2 amide bonds. The van der Waals surface area contributed by atoms with Crippen molar-refractivity contribution in [3.05, 3.63) is 29.8 Å². The minimum absolute atomic E-state index is 0.0109. The second kappa shape index (κ2) is 8.18. The van der Waals surface area contributed by atoms with Crippen LogP contribution in [-0.2, 0) is 16.0 Å². The molecule has 2 N–H and O–H groups in total. The van der Waals surface area contributed by atoms with Crippen molar-refractivity contribution in [3.8, 4) is 5.75 Å². The van der Waals surface area contributed by atoms with Crippen LogP contribution in [-0.4, -0.2) is 31.0 Å². The van der Waals surface area contributed by atoms with Crippen LogP contribution in [0, 0.1) is 0 Å². The van der Waals surface area contributed by atoms with Crippen LogP contribution in [0.25, 0.3) is 0 Å². The van der Waals surface area contributed by atoms with E-state index in [9.17, 15) is 18.4 Å². The molecule has 116 valence electrons.